The molecule has 1 N–H and O–H groups in total. The minimum Gasteiger partial charge on any atom is -0.322 e. The summed E-state index contributed by atoms with van der Waals surface area (Å²) in [5.74, 6) is -0.319. The van der Waals surface area contributed by atoms with Crippen molar-refractivity contribution in [1.29, 1.82) is 0 Å². The van der Waals surface area contributed by atoms with Gasteiger partial charge in [0.1, 0.15) is 0 Å². The SMILES string of the molecule is CCN(CC)Cc1ccc(-c2cc(S(C)(=O)=O)ccc2C(=O)Nc2cccc(-c3ccccn3)c2)cc1. The summed E-state index contributed by atoms with van der Waals surface area (Å²) in [5, 5.41) is 2.97. The molecule has 1 aromatic heterocycles. The maximum Gasteiger partial charge on any atom is 0.256 e. The van der Waals surface area contributed by atoms with E-state index in [4.69, 9.17) is 0 Å². The maximum absolute atomic E-state index is 13.4. The molecule has 4 aromatic rings. The van der Waals surface area contributed by atoms with E-state index in [0.717, 1.165) is 42.0 Å². The van der Waals surface area contributed by atoms with Crippen molar-refractivity contribution in [3.8, 4) is 22.4 Å². The number of aromatic nitrogens is 1. The predicted octanol–water partition coefficient (Wildman–Crippen LogP) is 5.91. The first-order valence-corrected chi connectivity index (χ1v) is 14.2. The summed E-state index contributed by atoms with van der Waals surface area (Å²) >= 11 is 0. The fourth-order valence-electron chi connectivity index (χ4n) is 4.17. The van der Waals surface area contributed by atoms with Gasteiger partial charge in [-0.05, 0) is 72.2 Å². The fourth-order valence-corrected chi connectivity index (χ4v) is 4.82. The van der Waals surface area contributed by atoms with Gasteiger partial charge in [0.15, 0.2) is 9.84 Å². The van der Waals surface area contributed by atoms with Gasteiger partial charge in [-0.15, -0.1) is 0 Å². The normalized spacial score (nSPS) is 11.5. The molecular formula is C30H31N3O3S. The average Bonchev–Trinajstić information content (AvgIpc) is 2.92. The molecule has 0 unspecified atom stereocenters. The molecule has 190 valence electrons. The van der Waals surface area contributed by atoms with Crippen LogP contribution < -0.4 is 5.32 Å². The average molecular weight is 514 g/mol. The third-order valence-corrected chi connectivity index (χ3v) is 7.42. The number of amides is 1. The van der Waals surface area contributed by atoms with Gasteiger partial charge in [-0.3, -0.25) is 14.7 Å². The molecule has 0 aliphatic rings. The molecule has 0 saturated heterocycles. The van der Waals surface area contributed by atoms with Gasteiger partial charge >= 0.3 is 0 Å². The van der Waals surface area contributed by atoms with E-state index in [1.807, 2.05) is 66.7 Å². The van der Waals surface area contributed by atoms with Crippen molar-refractivity contribution >= 4 is 21.4 Å². The fraction of sp³-hybridized carbons (Fsp3) is 0.200. The van der Waals surface area contributed by atoms with Crippen LogP contribution >= 0.6 is 0 Å². The molecule has 0 aliphatic carbocycles. The predicted molar refractivity (Wildman–Crippen MR) is 149 cm³/mol. The number of nitrogens with one attached hydrogen (secondary N) is 1. The van der Waals surface area contributed by atoms with E-state index >= 15 is 0 Å². The first-order valence-electron chi connectivity index (χ1n) is 12.3. The van der Waals surface area contributed by atoms with Crippen molar-refractivity contribution in [3.05, 3.63) is 102 Å². The number of carbonyl (C=O) groups excluding carboxylic acids is 1. The molecule has 1 heterocycles. The number of hydrogen-bond donors (Lipinski definition) is 1. The summed E-state index contributed by atoms with van der Waals surface area (Å²) in [4.78, 5) is 20.3. The lowest BCUT2D eigenvalue weighted by atomic mass is 9.98. The summed E-state index contributed by atoms with van der Waals surface area (Å²) in [6.07, 6.45) is 2.89. The Morgan fingerprint density at radius 2 is 1.62 bits per heavy atom. The molecule has 4 rings (SSSR count). The van der Waals surface area contributed by atoms with Crippen molar-refractivity contribution in [3.63, 3.8) is 0 Å². The standard InChI is InChI=1S/C30H31N3O3S/c1-4-33(5-2)21-22-12-14-23(15-13-22)28-20-26(37(3,35)36)16-17-27(28)30(34)32-25-10-8-9-24(19-25)29-11-6-7-18-31-29/h6-20H,4-5,21H2,1-3H3,(H,32,34). The largest absolute Gasteiger partial charge is 0.322 e. The molecule has 0 atom stereocenters. The minimum atomic E-state index is -3.45. The van der Waals surface area contributed by atoms with Crippen LogP contribution in [0.3, 0.4) is 0 Å². The Balaban J connectivity index is 1.67. The number of benzene rings is 3. The molecule has 1 amide bonds. The van der Waals surface area contributed by atoms with Crippen LogP contribution in [0.5, 0.6) is 0 Å². The Morgan fingerprint density at radius 1 is 0.865 bits per heavy atom. The smallest absolute Gasteiger partial charge is 0.256 e. The van der Waals surface area contributed by atoms with Gasteiger partial charge < -0.3 is 5.32 Å². The van der Waals surface area contributed by atoms with E-state index in [0.29, 0.717) is 16.8 Å². The third-order valence-electron chi connectivity index (χ3n) is 6.31. The number of anilines is 1. The second kappa shape index (κ2) is 11.5. The van der Waals surface area contributed by atoms with Crippen molar-refractivity contribution in [2.24, 2.45) is 0 Å². The van der Waals surface area contributed by atoms with E-state index in [9.17, 15) is 13.2 Å². The monoisotopic (exact) mass is 513 g/mol. The zero-order chi connectivity index (χ0) is 26.4. The zero-order valence-electron chi connectivity index (χ0n) is 21.3. The lowest BCUT2D eigenvalue weighted by Crippen LogP contribution is -2.21. The lowest BCUT2D eigenvalue weighted by molar-refractivity contribution is 0.102. The summed E-state index contributed by atoms with van der Waals surface area (Å²) in [7, 11) is -3.45. The van der Waals surface area contributed by atoms with Crippen LogP contribution in [0.15, 0.2) is 96.0 Å². The van der Waals surface area contributed by atoms with Crippen LogP contribution in [0.2, 0.25) is 0 Å². The zero-order valence-corrected chi connectivity index (χ0v) is 22.1. The van der Waals surface area contributed by atoms with Crippen LogP contribution in [0.4, 0.5) is 5.69 Å². The van der Waals surface area contributed by atoms with Crippen molar-refractivity contribution in [2.75, 3.05) is 24.7 Å². The van der Waals surface area contributed by atoms with Gasteiger partial charge in [0.25, 0.3) is 5.91 Å². The molecule has 6 nitrogen and oxygen atoms in total. The number of nitrogens with zero attached hydrogens (tertiary/aromatic N) is 2. The Bertz CT molecular complexity index is 1480. The Morgan fingerprint density at radius 3 is 2.27 bits per heavy atom. The number of pyridine rings is 1. The van der Waals surface area contributed by atoms with Gasteiger partial charge in [0, 0.05) is 35.8 Å². The number of sulfone groups is 1. The lowest BCUT2D eigenvalue weighted by Gasteiger charge is -2.18. The van der Waals surface area contributed by atoms with E-state index in [2.05, 4.69) is 29.0 Å². The second-order valence-corrected chi connectivity index (χ2v) is 10.9. The maximum atomic E-state index is 13.4. The number of rotatable bonds is 9. The third kappa shape index (κ3) is 6.50. The number of carbonyl (C=O) groups is 1. The molecule has 37 heavy (non-hydrogen) atoms. The highest BCUT2D eigenvalue weighted by atomic mass is 32.2. The highest BCUT2D eigenvalue weighted by molar-refractivity contribution is 7.90. The van der Waals surface area contributed by atoms with E-state index in [1.165, 1.54) is 12.3 Å². The molecule has 0 spiro atoms. The highest BCUT2D eigenvalue weighted by Gasteiger charge is 2.18. The first kappa shape index (κ1) is 26.3. The van der Waals surface area contributed by atoms with Crippen molar-refractivity contribution in [2.45, 2.75) is 25.3 Å². The quantitative estimate of drug-likeness (QED) is 0.301. The van der Waals surface area contributed by atoms with Crippen LogP contribution in [-0.2, 0) is 16.4 Å². The van der Waals surface area contributed by atoms with Crippen LogP contribution in [0.25, 0.3) is 22.4 Å². The summed E-state index contributed by atoms with van der Waals surface area (Å²) in [6.45, 7) is 7.01. The van der Waals surface area contributed by atoms with Gasteiger partial charge in [-0.2, -0.15) is 0 Å². The van der Waals surface area contributed by atoms with Gasteiger partial charge in [-0.1, -0.05) is 56.3 Å². The van der Waals surface area contributed by atoms with Gasteiger partial charge in [0.2, 0.25) is 0 Å². The van der Waals surface area contributed by atoms with Crippen molar-refractivity contribution < 1.29 is 13.2 Å². The summed E-state index contributed by atoms with van der Waals surface area (Å²) < 4.78 is 24.6. The van der Waals surface area contributed by atoms with Crippen LogP contribution in [0, 0.1) is 0 Å². The van der Waals surface area contributed by atoms with E-state index < -0.39 is 9.84 Å². The summed E-state index contributed by atoms with van der Waals surface area (Å²) in [6, 6.07) is 25.7. The molecule has 0 aliphatic heterocycles. The molecule has 3 aromatic carbocycles. The topological polar surface area (TPSA) is 79.4 Å². The molecule has 0 fully saturated rings. The van der Waals surface area contributed by atoms with Gasteiger partial charge in [-0.25, -0.2) is 8.42 Å². The molecule has 7 heteroatoms. The molecular weight excluding hydrogens is 482 g/mol. The number of hydrogen-bond acceptors (Lipinski definition) is 5. The Kier molecular flexibility index (Phi) is 8.16. The van der Waals surface area contributed by atoms with Crippen LogP contribution in [0.1, 0.15) is 29.8 Å². The van der Waals surface area contributed by atoms with Gasteiger partial charge in [0.05, 0.1) is 10.6 Å². The summed E-state index contributed by atoms with van der Waals surface area (Å²) in [5.41, 5.74) is 5.21. The molecule has 0 saturated carbocycles. The van der Waals surface area contributed by atoms with E-state index in [-0.39, 0.29) is 10.8 Å². The Hall–Kier alpha value is -3.81. The minimum absolute atomic E-state index is 0.170. The van der Waals surface area contributed by atoms with Crippen LogP contribution in [-0.4, -0.2) is 43.6 Å². The molecule has 0 radical (unpaired) electrons. The first-order chi connectivity index (χ1) is 17.8. The highest BCUT2D eigenvalue weighted by Crippen LogP contribution is 2.29. The Labute approximate surface area is 218 Å². The van der Waals surface area contributed by atoms with Crippen molar-refractivity contribution in [1.82, 2.24) is 9.88 Å². The second-order valence-electron chi connectivity index (χ2n) is 8.89. The molecule has 0 bridgehead atoms. The van der Waals surface area contributed by atoms with E-state index in [1.54, 1.807) is 18.3 Å².